The van der Waals surface area contributed by atoms with Crippen LogP contribution in [0.5, 0.6) is 0 Å². The van der Waals surface area contributed by atoms with Crippen LogP contribution in [-0.4, -0.2) is 50.4 Å². The van der Waals surface area contributed by atoms with Crippen LogP contribution in [-0.2, 0) is 14.8 Å². The molecule has 3 aromatic rings. The largest absolute Gasteiger partial charge is 0.453 e. The van der Waals surface area contributed by atoms with Crippen molar-refractivity contribution in [1.29, 1.82) is 0 Å². The molecule has 2 heterocycles. The maximum atomic E-state index is 15.5. The van der Waals surface area contributed by atoms with Crippen molar-refractivity contribution in [3.8, 4) is 22.6 Å². The van der Waals surface area contributed by atoms with Gasteiger partial charge in [-0.1, -0.05) is 11.6 Å². The molecule has 4 rings (SSSR count). The molecule has 1 aromatic carbocycles. The molecule has 1 unspecified atom stereocenters. The number of oxazole rings is 1. The standard InChI is InChI=1S/C23H25ClFN5O5S/c1-12(28-23(31)34-2)11-27-18-8-14(6-7-26-18)21-20(29-22(35-21)13-4-5-13)16-9-15(24)10-17(19(16)25)30-36(3,32)33/h6-10,12-13,30H,4-5,11H2,1-3H3,(H,26,27)(H,28,31). The van der Waals surface area contributed by atoms with Gasteiger partial charge in [0.25, 0.3) is 0 Å². The van der Waals surface area contributed by atoms with Gasteiger partial charge in [0.2, 0.25) is 10.0 Å². The molecule has 1 aliphatic carbocycles. The molecule has 0 aliphatic heterocycles. The minimum atomic E-state index is -3.75. The van der Waals surface area contributed by atoms with Gasteiger partial charge in [0, 0.05) is 40.9 Å². The fourth-order valence-corrected chi connectivity index (χ4v) is 4.26. The minimum absolute atomic E-state index is 0.00141. The number of sulfonamides is 1. The molecule has 3 N–H and O–H groups in total. The Hall–Kier alpha value is -3.38. The Labute approximate surface area is 212 Å². The maximum Gasteiger partial charge on any atom is 0.407 e. The number of hydrogen-bond donors (Lipinski definition) is 3. The average Bonchev–Trinajstić information content (AvgIpc) is 3.57. The topological polar surface area (TPSA) is 135 Å². The first-order chi connectivity index (χ1) is 17.0. The number of nitrogens with zero attached hydrogens (tertiary/aromatic N) is 2. The monoisotopic (exact) mass is 537 g/mol. The molecule has 13 heteroatoms. The number of nitrogens with one attached hydrogen (secondary N) is 3. The number of alkyl carbamates (subject to hydrolysis) is 1. The van der Waals surface area contributed by atoms with E-state index in [1.54, 1.807) is 25.3 Å². The molecule has 1 atom stereocenters. The van der Waals surface area contributed by atoms with Gasteiger partial charge in [0.1, 0.15) is 11.5 Å². The molecule has 0 bridgehead atoms. The van der Waals surface area contributed by atoms with Crippen molar-refractivity contribution in [2.75, 3.05) is 29.9 Å². The Bertz CT molecular complexity index is 1390. The number of carbonyl (C=O) groups is 1. The van der Waals surface area contributed by atoms with Gasteiger partial charge in [-0.3, -0.25) is 4.72 Å². The molecule has 1 aliphatic rings. The zero-order valence-electron chi connectivity index (χ0n) is 19.8. The van der Waals surface area contributed by atoms with Gasteiger partial charge in [-0.25, -0.2) is 27.6 Å². The second-order valence-electron chi connectivity index (χ2n) is 8.54. The third-order valence-corrected chi connectivity index (χ3v) is 6.13. The van der Waals surface area contributed by atoms with E-state index >= 15 is 4.39 Å². The van der Waals surface area contributed by atoms with Gasteiger partial charge in [0.05, 0.1) is 19.1 Å². The lowest BCUT2D eigenvalue weighted by molar-refractivity contribution is 0.168. The number of rotatable bonds is 9. The molecule has 1 fully saturated rings. The first kappa shape index (κ1) is 25.7. The van der Waals surface area contributed by atoms with Crippen LogP contribution in [0.3, 0.4) is 0 Å². The summed E-state index contributed by atoms with van der Waals surface area (Å²) in [6, 6.07) is 5.74. The lowest BCUT2D eigenvalue weighted by Crippen LogP contribution is -2.37. The van der Waals surface area contributed by atoms with Gasteiger partial charge in [-0.05, 0) is 44.0 Å². The van der Waals surface area contributed by atoms with E-state index in [9.17, 15) is 13.2 Å². The lowest BCUT2D eigenvalue weighted by Gasteiger charge is -2.14. The Morgan fingerprint density at radius 1 is 1.33 bits per heavy atom. The molecule has 36 heavy (non-hydrogen) atoms. The summed E-state index contributed by atoms with van der Waals surface area (Å²) in [6.45, 7) is 2.17. The molecular weight excluding hydrogens is 513 g/mol. The second-order valence-corrected chi connectivity index (χ2v) is 10.7. The molecule has 2 aromatic heterocycles. The Kier molecular flexibility index (Phi) is 7.36. The lowest BCUT2D eigenvalue weighted by atomic mass is 10.1. The zero-order valence-corrected chi connectivity index (χ0v) is 21.3. The molecule has 192 valence electrons. The average molecular weight is 538 g/mol. The third kappa shape index (κ3) is 6.24. The zero-order chi connectivity index (χ0) is 26.0. The highest BCUT2D eigenvalue weighted by atomic mass is 35.5. The van der Waals surface area contributed by atoms with Crippen LogP contribution in [0, 0.1) is 5.82 Å². The molecule has 0 radical (unpaired) electrons. The van der Waals surface area contributed by atoms with Crippen LogP contribution in [0.25, 0.3) is 22.6 Å². The number of halogens is 2. The van der Waals surface area contributed by atoms with Gasteiger partial charge in [-0.15, -0.1) is 0 Å². The number of aromatic nitrogens is 2. The third-order valence-electron chi connectivity index (χ3n) is 5.32. The number of amides is 1. The predicted molar refractivity (Wildman–Crippen MR) is 134 cm³/mol. The first-order valence-electron chi connectivity index (χ1n) is 11.1. The van der Waals surface area contributed by atoms with Crippen LogP contribution >= 0.6 is 11.6 Å². The predicted octanol–water partition coefficient (Wildman–Crippen LogP) is 4.60. The van der Waals surface area contributed by atoms with Crippen molar-refractivity contribution in [3.63, 3.8) is 0 Å². The molecule has 0 spiro atoms. The Balaban J connectivity index is 1.70. The summed E-state index contributed by atoms with van der Waals surface area (Å²) in [6.07, 6.45) is 3.76. The quantitative estimate of drug-likeness (QED) is 0.360. The summed E-state index contributed by atoms with van der Waals surface area (Å²) in [7, 11) is -2.46. The van der Waals surface area contributed by atoms with Crippen molar-refractivity contribution in [2.45, 2.75) is 31.7 Å². The second kappa shape index (κ2) is 10.3. The highest BCUT2D eigenvalue weighted by molar-refractivity contribution is 7.92. The van der Waals surface area contributed by atoms with Crippen LogP contribution in [0.4, 0.5) is 20.7 Å². The summed E-state index contributed by atoms with van der Waals surface area (Å²) >= 11 is 6.20. The number of carbonyl (C=O) groups excluding carboxylic acids is 1. The minimum Gasteiger partial charge on any atom is -0.453 e. The number of benzene rings is 1. The van der Waals surface area contributed by atoms with Crippen molar-refractivity contribution in [3.05, 3.63) is 47.2 Å². The number of pyridine rings is 1. The SMILES string of the molecule is COC(=O)NC(C)CNc1cc(-c2oc(C3CC3)nc2-c2cc(Cl)cc(NS(C)(=O)=O)c2F)ccn1. The normalized spacial score (nSPS) is 14.2. The van der Waals surface area contributed by atoms with E-state index in [1.807, 2.05) is 0 Å². The van der Waals surface area contributed by atoms with Crippen LogP contribution in [0.1, 0.15) is 31.6 Å². The number of anilines is 2. The smallest absolute Gasteiger partial charge is 0.407 e. The highest BCUT2D eigenvalue weighted by Crippen LogP contribution is 2.45. The van der Waals surface area contributed by atoms with E-state index in [4.69, 9.17) is 16.0 Å². The highest BCUT2D eigenvalue weighted by Gasteiger charge is 2.32. The van der Waals surface area contributed by atoms with Crippen molar-refractivity contribution in [2.24, 2.45) is 0 Å². The summed E-state index contributed by atoms with van der Waals surface area (Å²) in [4.78, 5) is 20.2. The van der Waals surface area contributed by atoms with Crippen LogP contribution in [0.15, 0.2) is 34.9 Å². The fraction of sp³-hybridized carbons (Fsp3) is 0.348. The summed E-state index contributed by atoms with van der Waals surface area (Å²) < 4.78 is 51.7. The fourth-order valence-electron chi connectivity index (χ4n) is 3.49. The maximum absolute atomic E-state index is 15.5. The van der Waals surface area contributed by atoms with Crippen molar-refractivity contribution < 1.29 is 26.8 Å². The van der Waals surface area contributed by atoms with Crippen LogP contribution < -0.4 is 15.4 Å². The summed E-state index contributed by atoms with van der Waals surface area (Å²) in [5.41, 5.74) is 0.492. The van der Waals surface area contributed by atoms with E-state index in [2.05, 4.69) is 30.1 Å². The van der Waals surface area contributed by atoms with Gasteiger partial charge < -0.3 is 19.8 Å². The van der Waals surface area contributed by atoms with E-state index < -0.39 is 21.9 Å². The molecule has 1 amide bonds. The van der Waals surface area contributed by atoms with Crippen molar-refractivity contribution in [1.82, 2.24) is 15.3 Å². The summed E-state index contributed by atoms with van der Waals surface area (Å²) in [5, 5.41) is 5.90. The Morgan fingerprint density at radius 3 is 2.75 bits per heavy atom. The van der Waals surface area contributed by atoms with E-state index in [0.29, 0.717) is 29.6 Å². The van der Waals surface area contributed by atoms with Gasteiger partial charge in [-0.2, -0.15) is 0 Å². The number of ether oxygens (including phenoxy) is 1. The van der Waals surface area contributed by atoms with Gasteiger partial charge >= 0.3 is 6.09 Å². The van der Waals surface area contributed by atoms with E-state index in [-0.39, 0.29) is 33.9 Å². The molecular formula is C23H25ClFN5O5S. The van der Waals surface area contributed by atoms with E-state index in [0.717, 1.165) is 19.1 Å². The van der Waals surface area contributed by atoms with Gasteiger partial charge in [0.15, 0.2) is 17.5 Å². The molecule has 1 saturated carbocycles. The van der Waals surface area contributed by atoms with Crippen molar-refractivity contribution >= 4 is 39.2 Å². The summed E-state index contributed by atoms with van der Waals surface area (Å²) in [5.74, 6) is 0.580. The molecule has 10 nitrogen and oxygen atoms in total. The molecule has 0 saturated heterocycles. The van der Waals surface area contributed by atoms with Crippen LogP contribution in [0.2, 0.25) is 5.02 Å². The van der Waals surface area contributed by atoms with E-state index in [1.165, 1.54) is 19.2 Å². The Morgan fingerprint density at radius 2 is 2.08 bits per heavy atom. The first-order valence-corrected chi connectivity index (χ1v) is 13.3. The number of hydrogen-bond acceptors (Lipinski definition) is 8. The number of methoxy groups -OCH3 is 1.